The van der Waals surface area contributed by atoms with Gasteiger partial charge in [0, 0.05) is 17.1 Å². The van der Waals surface area contributed by atoms with Gasteiger partial charge in [-0.3, -0.25) is 9.89 Å². The van der Waals surface area contributed by atoms with Gasteiger partial charge in [0.25, 0.3) is 5.91 Å². The van der Waals surface area contributed by atoms with Gasteiger partial charge in [-0.25, -0.2) is 0 Å². The molecule has 1 aromatic carbocycles. The number of nitrogens with zero attached hydrogens (tertiary/aromatic N) is 1. The van der Waals surface area contributed by atoms with Crippen molar-refractivity contribution in [3.05, 3.63) is 41.0 Å². The molecule has 1 amide bonds. The molecule has 0 fully saturated rings. The first-order valence-electron chi connectivity index (χ1n) is 6.50. The first kappa shape index (κ1) is 17.5. The first-order valence-corrected chi connectivity index (χ1v) is 6.88. The minimum absolute atomic E-state index is 0. The van der Waals surface area contributed by atoms with Gasteiger partial charge in [0.1, 0.15) is 5.69 Å². The molecule has 2 aromatic rings. The zero-order valence-corrected chi connectivity index (χ0v) is 13.0. The third-order valence-corrected chi connectivity index (χ3v) is 3.13. The Labute approximate surface area is 134 Å². The SMILES string of the molecule is Cl.NCCCCNC(=O)c1cc(-c2ccc(Cl)cc2)n[nH]1. The van der Waals surface area contributed by atoms with Crippen molar-refractivity contribution < 1.29 is 4.79 Å². The maximum atomic E-state index is 11.9. The molecular weight excluding hydrogens is 311 g/mol. The molecule has 1 aromatic heterocycles. The molecule has 0 bridgehead atoms. The molecular formula is C14H18Cl2N4O. The highest BCUT2D eigenvalue weighted by molar-refractivity contribution is 6.30. The molecule has 0 saturated carbocycles. The molecule has 0 unspecified atom stereocenters. The monoisotopic (exact) mass is 328 g/mol. The topological polar surface area (TPSA) is 83.8 Å². The van der Waals surface area contributed by atoms with Crippen LogP contribution in [0.4, 0.5) is 0 Å². The lowest BCUT2D eigenvalue weighted by atomic mass is 10.1. The summed E-state index contributed by atoms with van der Waals surface area (Å²) >= 11 is 5.84. The summed E-state index contributed by atoms with van der Waals surface area (Å²) in [6, 6.07) is 9.03. The van der Waals surface area contributed by atoms with Crippen molar-refractivity contribution in [1.82, 2.24) is 15.5 Å². The van der Waals surface area contributed by atoms with Crippen molar-refractivity contribution in [3.63, 3.8) is 0 Å². The van der Waals surface area contributed by atoms with Crippen molar-refractivity contribution in [2.24, 2.45) is 5.73 Å². The van der Waals surface area contributed by atoms with Gasteiger partial charge in [-0.05, 0) is 37.6 Å². The molecule has 5 nitrogen and oxygen atoms in total. The number of amides is 1. The molecule has 0 saturated heterocycles. The molecule has 0 spiro atoms. The van der Waals surface area contributed by atoms with E-state index >= 15 is 0 Å². The molecule has 0 radical (unpaired) electrons. The van der Waals surface area contributed by atoms with E-state index in [-0.39, 0.29) is 18.3 Å². The molecule has 21 heavy (non-hydrogen) atoms. The summed E-state index contributed by atoms with van der Waals surface area (Å²) in [5, 5.41) is 10.4. The average molecular weight is 329 g/mol. The summed E-state index contributed by atoms with van der Waals surface area (Å²) in [5.74, 6) is -0.158. The Bertz CT molecular complexity index is 569. The van der Waals surface area contributed by atoms with Crippen LogP contribution in [-0.2, 0) is 0 Å². The van der Waals surface area contributed by atoms with Crippen molar-refractivity contribution in [2.45, 2.75) is 12.8 Å². The fraction of sp³-hybridized carbons (Fsp3) is 0.286. The second kappa shape index (κ2) is 8.67. The summed E-state index contributed by atoms with van der Waals surface area (Å²) in [7, 11) is 0. The molecule has 1 heterocycles. The van der Waals surface area contributed by atoms with Gasteiger partial charge in [0.05, 0.1) is 5.69 Å². The third-order valence-electron chi connectivity index (χ3n) is 2.88. The molecule has 0 aliphatic rings. The fourth-order valence-corrected chi connectivity index (χ4v) is 1.90. The maximum absolute atomic E-state index is 11.9. The number of aromatic nitrogens is 2. The molecule has 4 N–H and O–H groups in total. The lowest BCUT2D eigenvalue weighted by Gasteiger charge is -2.01. The second-order valence-corrected chi connectivity index (χ2v) is 4.86. The number of halogens is 2. The first-order chi connectivity index (χ1) is 9.70. The van der Waals surface area contributed by atoms with Gasteiger partial charge in [0.15, 0.2) is 0 Å². The van der Waals surface area contributed by atoms with Gasteiger partial charge in [-0.15, -0.1) is 12.4 Å². The fourth-order valence-electron chi connectivity index (χ4n) is 1.77. The summed E-state index contributed by atoms with van der Waals surface area (Å²) in [5.41, 5.74) is 7.47. The van der Waals surface area contributed by atoms with E-state index in [2.05, 4.69) is 15.5 Å². The number of nitrogens with two attached hydrogens (primary N) is 1. The summed E-state index contributed by atoms with van der Waals surface area (Å²) in [6.45, 7) is 1.26. The summed E-state index contributed by atoms with van der Waals surface area (Å²) in [4.78, 5) is 11.9. The largest absolute Gasteiger partial charge is 0.351 e. The van der Waals surface area contributed by atoms with Crippen LogP contribution in [0.3, 0.4) is 0 Å². The zero-order chi connectivity index (χ0) is 14.4. The van der Waals surface area contributed by atoms with Crippen LogP contribution >= 0.6 is 24.0 Å². The number of hydrogen-bond donors (Lipinski definition) is 3. The van der Waals surface area contributed by atoms with Gasteiger partial charge in [-0.1, -0.05) is 23.7 Å². The molecule has 2 rings (SSSR count). The molecule has 7 heteroatoms. The molecule has 0 aliphatic heterocycles. The minimum Gasteiger partial charge on any atom is -0.351 e. The van der Waals surface area contributed by atoms with Crippen molar-refractivity contribution >= 4 is 29.9 Å². The summed E-state index contributed by atoms with van der Waals surface area (Å²) < 4.78 is 0. The number of rotatable bonds is 6. The lowest BCUT2D eigenvalue weighted by Crippen LogP contribution is -2.25. The number of H-pyrrole nitrogens is 1. The molecule has 114 valence electrons. The Morgan fingerprint density at radius 1 is 1.29 bits per heavy atom. The highest BCUT2D eigenvalue weighted by Gasteiger charge is 2.10. The van der Waals surface area contributed by atoms with Crippen LogP contribution in [0.2, 0.25) is 5.02 Å². The van der Waals surface area contributed by atoms with E-state index in [1.807, 2.05) is 12.1 Å². The number of carbonyl (C=O) groups excluding carboxylic acids is 1. The third kappa shape index (κ3) is 5.04. The quantitative estimate of drug-likeness (QED) is 0.712. The minimum atomic E-state index is -0.158. The van der Waals surface area contributed by atoms with E-state index in [4.69, 9.17) is 17.3 Å². The van der Waals surface area contributed by atoms with Crippen molar-refractivity contribution in [3.8, 4) is 11.3 Å². The van der Waals surface area contributed by atoms with Crippen molar-refractivity contribution in [1.29, 1.82) is 0 Å². The Kier molecular flexibility index (Phi) is 7.22. The number of hydrogen-bond acceptors (Lipinski definition) is 3. The van der Waals surface area contributed by atoms with Crippen LogP contribution in [0.5, 0.6) is 0 Å². The summed E-state index contributed by atoms with van der Waals surface area (Å²) in [6.07, 6.45) is 1.78. The van der Waals surface area contributed by atoms with Crippen LogP contribution in [0, 0.1) is 0 Å². The highest BCUT2D eigenvalue weighted by atomic mass is 35.5. The number of benzene rings is 1. The number of carbonyl (C=O) groups is 1. The van der Waals surface area contributed by atoms with Crippen LogP contribution in [0.1, 0.15) is 23.3 Å². The Morgan fingerprint density at radius 2 is 2.00 bits per heavy atom. The molecule has 0 aliphatic carbocycles. The predicted molar refractivity (Wildman–Crippen MR) is 86.9 cm³/mol. The smallest absolute Gasteiger partial charge is 0.269 e. The van der Waals surface area contributed by atoms with Gasteiger partial charge >= 0.3 is 0 Å². The number of nitrogens with one attached hydrogen (secondary N) is 2. The van der Waals surface area contributed by atoms with E-state index in [9.17, 15) is 4.79 Å². The van der Waals surface area contributed by atoms with Crippen molar-refractivity contribution in [2.75, 3.05) is 13.1 Å². The second-order valence-electron chi connectivity index (χ2n) is 4.43. The van der Waals surface area contributed by atoms with E-state index < -0.39 is 0 Å². The van der Waals surface area contributed by atoms with Gasteiger partial charge in [-0.2, -0.15) is 5.10 Å². The number of aromatic amines is 1. The number of unbranched alkanes of at least 4 members (excludes halogenated alkanes) is 1. The van der Waals surface area contributed by atoms with Crippen LogP contribution in [0.25, 0.3) is 11.3 Å². The predicted octanol–water partition coefficient (Wildman–Crippen LogP) is 2.62. The maximum Gasteiger partial charge on any atom is 0.269 e. The van der Waals surface area contributed by atoms with Gasteiger partial charge < -0.3 is 11.1 Å². The van der Waals surface area contributed by atoms with E-state index in [0.717, 1.165) is 18.4 Å². The van der Waals surface area contributed by atoms with Crippen LogP contribution < -0.4 is 11.1 Å². The average Bonchev–Trinajstić information content (AvgIpc) is 2.94. The van der Waals surface area contributed by atoms with Crippen LogP contribution in [-0.4, -0.2) is 29.2 Å². The zero-order valence-electron chi connectivity index (χ0n) is 11.4. The van der Waals surface area contributed by atoms with E-state index in [1.165, 1.54) is 0 Å². The Morgan fingerprint density at radius 3 is 2.67 bits per heavy atom. The Hall–Kier alpha value is -1.56. The van der Waals surface area contributed by atoms with E-state index in [1.54, 1.807) is 18.2 Å². The lowest BCUT2D eigenvalue weighted by molar-refractivity contribution is 0.0948. The molecule has 0 atom stereocenters. The van der Waals surface area contributed by atoms with E-state index in [0.29, 0.717) is 29.5 Å². The normalized spacial score (nSPS) is 10.0. The standard InChI is InChI=1S/C14H17ClN4O.ClH/c15-11-5-3-10(4-6-11)12-9-13(19-18-12)14(20)17-8-2-1-7-16;/h3-6,9H,1-2,7-8,16H2,(H,17,20)(H,18,19);1H. The van der Waals surface area contributed by atoms with Gasteiger partial charge in [0.2, 0.25) is 0 Å². The highest BCUT2D eigenvalue weighted by Crippen LogP contribution is 2.20. The van der Waals surface area contributed by atoms with Crippen LogP contribution in [0.15, 0.2) is 30.3 Å². The Balaban J connectivity index is 0.00000220.